The summed E-state index contributed by atoms with van der Waals surface area (Å²) in [6.45, 7) is 0. The third-order valence-corrected chi connectivity index (χ3v) is 2.50. The average molecular weight is 214 g/mol. The number of aromatic nitrogens is 5. The zero-order valence-corrected chi connectivity index (χ0v) is 8.68. The smallest absolute Gasteiger partial charge is 0.239 e. The normalized spacial score (nSPS) is 11.1. The van der Waals surface area contributed by atoms with Gasteiger partial charge in [-0.05, 0) is 12.1 Å². The summed E-state index contributed by atoms with van der Waals surface area (Å²) in [5, 5.41) is 6.55. The molecule has 3 N–H and O–H groups in total. The van der Waals surface area contributed by atoms with Gasteiger partial charge in [-0.2, -0.15) is 4.98 Å². The van der Waals surface area contributed by atoms with Crippen LogP contribution in [0.4, 0.5) is 5.95 Å². The van der Waals surface area contributed by atoms with Crippen LogP contribution in [-0.2, 0) is 7.05 Å². The summed E-state index contributed by atoms with van der Waals surface area (Å²) in [6, 6.07) is 7.89. The number of para-hydroxylation sites is 2. The van der Waals surface area contributed by atoms with Crippen LogP contribution >= 0.6 is 0 Å². The Balaban J connectivity index is 2.28. The number of aromatic amines is 1. The zero-order chi connectivity index (χ0) is 11.1. The molecule has 3 aromatic rings. The Hall–Kier alpha value is -2.37. The number of aryl methyl sites for hydroxylation is 1. The standard InChI is InChI=1S/C10H10N6/c1-16-7-5-3-2-4-6(7)12-9(16)8-13-10(11)15-14-8/h2-5H,1H3,(H3,11,13,14,15). The fourth-order valence-electron chi connectivity index (χ4n) is 1.73. The van der Waals surface area contributed by atoms with E-state index in [1.165, 1.54) is 0 Å². The minimum atomic E-state index is 0.224. The summed E-state index contributed by atoms with van der Waals surface area (Å²) in [4.78, 5) is 8.53. The Morgan fingerprint density at radius 1 is 1.25 bits per heavy atom. The van der Waals surface area contributed by atoms with E-state index >= 15 is 0 Å². The van der Waals surface area contributed by atoms with E-state index < -0.39 is 0 Å². The van der Waals surface area contributed by atoms with Crippen molar-refractivity contribution in [3.63, 3.8) is 0 Å². The lowest BCUT2D eigenvalue weighted by Gasteiger charge is -1.97. The number of hydrogen-bond donors (Lipinski definition) is 2. The summed E-state index contributed by atoms with van der Waals surface area (Å²) in [5.74, 6) is 1.53. The molecule has 3 rings (SSSR count). The van der Waals surface area contributed by atoms with Gasteiger partial charge in [0.15, 0.2) is 11.6 Å². The second-order valence-corrected chi connectivity index (χ2v) is 3.53. The van der Waals surface area contributed by atoms with Crippen LogP contribution in [-0.4, -0.2) is 24.7 Å². The number of rotatable bonds is 1. The number of imidazole rings is 1. The Morgan fingerprint density at radius 2 is 2.06 bits per heavy atom. The molecule has 0 atom stereocenters. The second-order valence-electron chi connectivity index (χ2n) is 3.53. The first-order chi connectivity index (χ1) is 7.75. The lowest BCUT2D eigenvalue weighted by molar-refractivity contribution is 0.937. The molecule has 0 bridgehead atoms. The van der Waals surface area contributed by atoms with E-state index in [1.807, 2.05) is 35.9 Å². The Morgan fingerprint density at radius 3 is 2.75 bits per heavy atom. The van der Waals surface area contributed by atoms with Crippen molar-refractivity contribution in [2.45, 2.75) is 0 Å². The number of benzene rings is 1. The first-order valence-corrected chi connectivity index (χ1v) is 4.85. The third kappa shape index (κ3) is 1.16. The van der Waals surface area contributed by atoms with Crippen LogP contribution in [0.1, 0.15) is 0 Å². The molecule has 0 aliphatic rings. The molecule has 16 heavy (non-hydrogen) atoms. The van der Waals surface area contributed by atoms with Gasteiger partial charge >= 0.3 is 0 Å². The molecular formula is C10H10N6. The van der Waals surface area contributed by atoms with Gasteiger partial charge in [-0.1, -0.05) is 12.1 Å². The van der Waals surface area contributed by atoms with Crippen molar-refractivity contribution in [1.29, 1.82) is 0 Å². The predicted octanol–water partition coefficient (Wildman–Crippen LogP) is 0.941. The fourth-order valence-corrected chi connectivity index (χ4v) is 1.73. The van der Waals surface area contributed by atoms with Gasteiger partial charge in [0.25, 0.3) is 0 Å². The van der Waals surface area contributed by atoms with Crippen molar-refractivity contribution in [2.24, 2.45) is 7.05 Å². The molecule has 0 saturated carbocycles. The first kappa shape index (κ1) is 8.90. The Labute approximate surface area is 91.1 Å². The average Bonchev–Trinajstić information content (AvgIpc) is 2.84. The Kier molecular flexibility index (Phi) is 1.70. The molecule has 2 heterocycles. The maximum absolute atomic E-state index is 5.47. The zero-order valence-electron chi connectivity index (χ0n) is 8.68. The van der Waals surface area contributed by atoms with Crippen molar-refractivity contribution in [2.75, 3.05) is 5.73 Å². The van der Waals surface area contributed by atoms with Crippen molar-refractivity contribution < 1.29 is 0 Å². The second kappa shape index (κ2) is 3.06. The summed E-state index contributed by atoms with van der Waals surface area (Å²) in [5.41, 5.74) is 7.44. The predicted molar refractivity (Wildman–Crippen MR) is 60.5 cm³/mol. The number of H-pyrrole nitrogens is 1. The number of nitrogens with zero attached hydrogens (tertiary/aromatic N) is 4. The van der Waals surface area contributed by atoms with Crippen molar-refractivity contribution in [1.82, 2.24) is 24.7 Å². The summed E-state index contributed by atoms with van der Waals surface area (Å²) in [6.07, 6.45) is 0. The molecule has 2 aromatic heterocycles. The SMILES string of the molecule is Cn1c(-c2nc(N)n[nH]2)nc2ccccc21. The number of fused-ring (bicyclic) bond motifs is 1. The molecule has 0 radical (unpaired) electrons. The maximum atomic E-state index is 5.47. The van der Waals surface area contributed by atoms with Gasteiger partial charge in [0, 0.05) is 7.05 Å². The minimum Gasteiger partial charge on any atom is -0.366 e. The van der Waals surface area contributed by atoms with Crippen LogP contribution in [0, 0.1) is 0 Å². The lowest BCUT2D eigenvalue weighted by atomic mass is 10.3. The van der Waals surface area contributed by atoms with Crippen LogP contribution in [0.25, 0.3) is 22.7 Å². The monoisotopic (exact) mass is 214 g/mol. The van der Waals surface area contributed by atoms with Gasteiger partial charge in [-0.3, -0.25) is 5.10 Å². The Bertz CT molecular complexity index is 650. The number of nitrogens with two attached hydrogens (primary N) is 1. The van der Waals surface area contributed by atoms with E-state index in [0.717, 1.165) is 16.9 Å². The molecule has 6 heteroatoms. The van der Waals surface area contributed by atoms with Gasteiger partial charge in [0.1, 0.15) is 0 Å². The van der Waals surface area contributed by atoms with Crippen molar-refractivity contribution in [3.05, 3.63) is 24.3 Å². The van der Waals surface area contributed by atoms with Gasteiger partial charge in [-0.25, -0.2) is 4.98 Å². The minimum absolute atomic E-state index is 0.224. The highest BCUT2D eigenvalue weighted by Gasteiger charge is 2.12. The van der Waals surface area contributed by atoms with Gasteiger partial charge in [0.05, 0.1) is 11.0 Å². The van der Waals surface area contributed by atoms with E-state index in [-0.39, 0.29) is 5.95 Å². The molecule has 0 aliphatic heterocycles. The highest BCUT2D eigenvalue weighted by molar-refractivity contribution is 5.79. The third-order valence-electron chi connectivity index (χ3n) is 2.50. The van der Waals surface area contributed by atoms with E-state index in [4.69, 9.17) is 5.73 Å². The van der Waals surface area contributed by atoms with Gasteiger partial charge < -0.3 is 10.3 Å². The van der Waals surface area contributed by atoms with Crippen molar-refractivity contribution >= 4 is 17.0 Å². The largest absolute Gasteiger partial charge is 0.366 e. The highest BCUT2D eigenvalue weighted by Crippen LogP contribution is 2.20. The molecule has 80 valence electrons. The van der Waals surface area contributed by atoms with E-state index in [1.54, 1.807) is 0 Å². The molecular weight excluding hydrogens is 204 g/mol. The van der Waals surface area contributed by atoms with Crippen LogP contribution < -0.4 is 5.73 Å². The van der Waals surface area contributed by atoms with Crippen LogP contribution in [0.2, 0.25) is 0 Å². The summed E-state index contributed by atoms with van der Waals surface area (Å²) in [7, 11) is 1.93. The van der Waals surface area contributed by atoms with E-state index in [0.29, 0.717) is 5.82 Å². The first-order valence-electron chi connectivity index (χ1n) is 4.85. The molecule has 0 spiro atoms. The molecule has 0 saturated heterocycles. The van der Waals surface area contributed by atoms with Crippen molar-refractivity contribution in [3.8, 4) is 11.6 Å². The van der Waals surface area contributed by atoms with Crippen LogP contribution in [0.5, 0.6) is 0 Å². The van der Waals surface area contributed by atoms with Crippen LogP contribution in [0.3, 0.4) is 0 Å². The summed E-state index contributed by atoms with van der Waals surface area (Å²) >= 11 is 0. The number of nitrogens with one attached hydrogen (secondary N) is 1. The summed E-state index contributed by atoms with van der Waals surface area (Å²) < 4.78 is 1.95. The fraction of sp³-hybridized carbons (Fsp3) is 0.100. The molecule has 0 unspecified atom stereocenters. The van der Waals surface area contributed by atoms with Gasteiger partial charge in [-0.15, -0.1) is 5.10 Å². The number of nitrogen functional groups attached to an aromatic ring is 1. The molecule has 0 fully saturated rings. The van der Waals surface area contributed by atoms with Crippen LogP contribution in [0.15, 0.2) is 24.3 Å². The van der Waals surface area contributed by atoms with Gasteiger partial charge in [0.2, 0.25) is 5.95 Å². The molecule has 1 aromatic carbocycles. The molecule has 6 nitrogen and oxygen atoms in total. The molecule has 0 aliphatic carbocycles. The lowest BCUT2D eigenvalue weighted by Crippen LogP contribution is -1.94. The quantitative estimate of drug-likeness (QED) is 0.631. The van der Waals surface area contributed by atoms with E-state index in [9.17, 15) is 0 Å². The molecule has 0 amide bonds. The number of hydrogen-bond acceptors (Lipinski definition) is 4. The number of anilines is 1. The topological polar surface area (TPSA) is 85.4 Å². The highest BCUT2D eigenvalue weighted by atomic mass is 15.3. The van der Waals surface area contributed by atoms with E-state index in [2.05, 4.69) is 20.2 Å². The maximum Gasteiger partial charge on any atom is 0.239 e.